The zero-order valence-electron chi connectivity index (χ0n) is 8.13. The predicted molar refractivity (Wildman–Crippen MR) is 48.7 cm³/mol. The van der Waals surface area contributed by atoms with Crippen LogP contribution < -0.4 is 0 Å². The van der Waals surface area contributed by atoms with Crippen molar-refractivity contribution in [2.75, 3.05) is 0 Å². The van der Waals surface area contributed by atoms with Gasteiger partial charge in [0.2, 0.25) is 6.08 Å². The van der Waals surface area contributed by atoms with E-state index >= 15 is 0 Å². The summed E-state index contributed by atoms with van der Waals surface area (Å²) in [6.07, 6.45) is 4.93. The van der Waals surface area contributed by atoms with Crippen LogP contribution in [0.5, 0.6) is 0 Å². The molecular formula is C10H17NO. The van der Waals surface area contributed by atoms with Gasteiger partial charge in [0.15, 0.2) is 0 Å². The minimum Gasteiger partial charge on any atom is -0.211 e. The Kier molecular flexibility index (Phi) is 2.69. The summed E-state index contributed by atoms with van der Waals surface area (Å²) in [5.41, 5.74) is 0.337. The summed E-state index contributed by atoms with van der Waals surface area (Å²) in [5, 5.41) is 0. The van der Waals surface area contributed by atoms with E-state index in [2.05, 4.69) is 25.8 Å². The molecule has 0 amide bonds. The van der Waals surface area contributed by atoms with E-state index < -0.39 is 0 Å². The maximum absolute atomic E-state index is 10.1. The molecule has 1 aliphatic rings. The lowest BCUT2D eigenvalue weighted by molar-refractivity contribution is 0.138. The Morgan fingerprint density at radius 1 is 1.42 bits per heavy atom. The number of nitrogens with zero attached hydrogens (tertiary/aromatic N) is 1. The molecule has 0 saturated heterocycles. The normalized spacial score (nSPS) is 33.9. The molecule has 1 fully saturated rings. The van der Waals surface area contributed by atoms with Crippen molar-refractivity contribution < 1.29 is 4.79 Å². The third kappa shape index (κ3) is 1.95. The summed E-state index contributed by atoms with van der Waals surface area (Å²) < 4.78 is 0. The fourth-order valence-corrected chi connectivity index (χ4v) is 1.93. The van der Waals surface area contributed by atoms with Crippen LogP contribution in [0.3, 0.4) is 0 Å². The summed E-state index contributed by atoms with van der Waals surface area (Å²) in [4.78, 5) is 13.9. The van der Waals surface area contributed by atoms with Crippen LogP contribution in [-0.2, 0) is 4.79 Å². The zero-order chi connectivity index (χ0) is 9.19. The Morgan fingerprint density at radius 3 is 2.58 bits per heavy atom. The molecule has 1 saturated carbocycles. The summed E-state index contributed by atoms with van der Waals surface area (Å²) in [5.74, 6) is 0.746. The highest BCUT2D eigenvalue weighted by atomic mass is 16.1. The molecule has 0 aromatic rings. The fourth-order valence-electron chi connectivity index (χ4n) is 1.93. The molecule has 0 aliphatic heterocycles. The number of isocyanates is 1. The van der Waals surface area contributed by atoms with Crippen LogP contribution in [0, 0.1) is 11.3 Å². The monoisotopic (exact) mass is 167 g/mol. The summed E-state index contributed by atoms with van der Waals surface area (Å²) >= 11 is 0. The van der Waals surface area contributed by atoms with Gasteiger partial charge in [-0.2, -0.15) is 0 Å². The van der Waals surface area contributed by atoms with Gasteiger partial charge in [0.1, 0.15) is 0 Å². The number of rotatable bonds is 1. The predicted octanol–water partition coefficient (Wildman–Crippen LogP) is 2.54. The minimum absolute atomic E-state index is 0.230. The molecule has 0 aromatic carbocycles. The van der Waals surface area contributed by atoms with Crippen molar-refractivity contribution in [3.8, 4) is 0 Å². The highest BCUT2D eigenvalue weighted by molar-refractivity contribution is 5.33. The molecule has 12 heavy (non-hydrogen) atoms. The van der Waals surface area contributed by atoms with Crippen molar-refractivity contribution in [2.24, 2.45) is 16.3 Å². The second kappa shape index (κ2) is 3.40. The van der Waals surface area contributed by atoms with Crippen LogP contribution in [0.15, 0.2) is 4.99 Å². The maximum atomic E-state index is 10.1. The van der Waals surface area contributed by atoms with E-state index in [1.807, 2.05) is 0 Å². The highest BCUT2D eigenvalue weighted by Crippen LogP contribution is 2.41. The van der Waals surface area contributed by atoms with Gasteiger partial charge >= 0.3 is 0 Å². The van der Waals surface area contributed by atoms with Gasteiger partial charge in [0.25, 0.3) is 0 Å². The molecule has 0 heterocycles. The molecule has 0 aromatic heterocycles. The van der Waals surface area contributed by atoms with Crippen LogP contribution in [0.25, 0.3) is 0 Å². The van der Waals surface area contributed by atoms with E-state index in [0.29, 0.717) is 5.41 Å². The van der Waals surface area contributed by atoms with Crippen LogP contribution >= 0.6 is 0 Å². The summed E-state index contributed by atoms with van der Waals surface area (Å²) in [6.45, 7) is 6.79. The van der Waals surface area contributed by atoms with Crippen LogP contribution in [0.2, 0.25) is 0 Å². The number of hydrogen-bond donors (Lipinski definition) is 0. The Bertz CT molecular complexity index is 204. The molecule has 1 aliphatic carbocycles. The quantitative estimate of drug-likeness (QED) is 0.436. The second-order valence-electron chi connectivity index (χ2n) is 4.55. The first-order valence-corrected chi connectivity index (χ1v) is 4.63. The number of carbonyl (C=O) groups excluding carboxylic acids is 1. The topological polar surface area (TPSA) is 29.4 Å². The average molecular weight is 167 g/mol. The minimum atomic E-state index is 0.230. The second-order valence-corrected chi connectivity index (χ2v) is 4.55. The van der Waals surface area contributed by atoms with Crippen molar-refractivity contribution in [3.63, 3.8) is 0 Å². The van der Waals surface area contributed by atoms with E-state index in [0.717, 1.165) is 18.8 Å². The van der Waals surface area contributed by atoms with Gasteiger partial charge < -0.3 is 0 Å². The molecule has 0 bridgehead atoms. The molecule has 68 valence electrons. The molecule has 0 N–H and O–H groups in total. The highest BCUT2D eigenvalue weighted by Gasteiger charge is 2.33. The van der Waals surface area contributed by atoms with E-state index in [9.17, 15) is 4.79 Å². The lowest BCUT2D eigenvalue weighted by atomic mass is 9.68. The lowest BCUT2D eigenvalue weighted by Crippen LogP contribution is -2.32. The van der Waals surface area contributed by atoms with Crippen molar-refractivity contribution >= 4 is 6.08 Å². The third-order valence-electron chi connectivity index (χ3n) is 3.26. The van der Waals surface area contributed by atoms with Gasteiger partial charge in [-0.05, 0) is 30.6 Å². The number of hydrogen-bond acceptors (Lipinski definition) is 2. The molecule has 1 rings (SSSR count). The first-order valence-electron chi connectivity index (χ1n) is 4.63. The van der Waals surface area contributed by atoms with Gasteiger partial charge in [-0.15, -0.1) is 0 Å². The first-order chi connectivity index (χ1) is 5.56. The Labute approximate surface area is 74.1 Å². The first kappa shape index (κ1) is 9.47. The van der Waals surface area contributed by atoms with E-state index in [1.54, 1.807) is 6.08 Å². The largest absolute Gasteiger partial charge is 0.235 e. The third-order valence-corrected chi connectivity index (χ3v) is 3.26. The van der Waals surface area contributed by atoms with E-state index in [4.69, 9.17) is 0 Å². The zero-order valence-corrected chi connectivity index (χ0v) is 8.13. The fraction of sp³-hybridized carbons (Fsp3) is 0.900. The van der Waals surface area contributed by atoms with Crippen LogP contribution in [-0.4, -0.2) is 12.1 Å². The van der Waals surface area contributed by atoms with Gasteiger partial charge in [0, 0.05) is 0 Å². The number of aliphatic imine (C=N–C) groups is 1. The maximum Gasteiger partial charge on any atom is 0.235 e. The molecule has 0 spiro atoms. The average Bonchev–Trinajstić information content (AvgIpc) is 1.97. The SMILES string of the molecule is CC1CCC(N=C=O)CC1(C)C. The molecule has 2 unspecified atom stereocenters. The lowest BCUT2D eigenvalue weighted by Gasteiger charge is -2.38. The molecule has 2 heteroatoms. The summed E-state index contributed by atoms with van der Waals surface area (Å²) in [7, 11) is 0. The van der Waals surface area contributed by atoms with Gasteiger partial charge in [-0.25, -0.2) is 9.79 Å². The van der Waals surface area contributed by atoms with Gasteiger partial charge in [-0.3, -0.25) is 0 Å². The summed E-state index contributed by atoms with van der Waals surface area (Å²) in [6, 6.07) is 0.230. The standard InChI is InChI=1S/C10H17NO/c1-8-4-5-9(11-7-12)6-10(8,2)3/h8-9H,4-6H2,1-3H3. The van der Waals surface area contributed by atoms with E-state index in [1.165, 1.54) is 6.42 Å². The molecule has 2 nitrogen and oxygen atoms in total. The van der Waals surface area contributed by atoms with Crippen molar-refractivity contribution in [2.45, 2.75) is 46.1 Å². The smallest absolute Gasteiger partial charge is 0.211 e. The Balaban J connectivity index is 2.62. The van der Waals surface area contributed by atoms with E-state index in [-0.39, 0.29) is 6.04 Å². The van der Waals surface area contributed by atoms with Crippen LogP contribution in [0.1, 0.15) is 40.0 Å². The molecular weight excluding hydrogens is 150 g/mol. The Hall–Kier alpha value is -0.620. The molecule has 2 atom stereocenters. The van der Waals surface area contributed by atoms with Crippen molar-refractivity contribution in [3.05, 3.63) is 0 Å². The van der Waals surface area contributed by atoms with Crippen molar-refractivity contribution in [1.29, 1.82) is 0 Å². The van der Waals surface area contributed by atoms with Gasteiger partial charge in [-0.1, -0.05) is 20.8 Å². The van der Waals surface area contributed by atoms with Gasteiger partial charge in [0.05, 0.1) is 6.04 Å². The Morgan fingerprint density at radius 2 is 2.08 bits per heavy atom. The van der Waals surface area contributed by atoms with Crippen molar-refractivity contribution in [1.82, 2.24) is 0 Å². The molecule has 0 radical (unpaired) electrons. The van der Waals surface area contributed by atoms with Crippen LogP contribution in [0.4, 0.5) is 0 Å².